The molecule has 0 bridgehead atoms. The van der Waals surface area contributed by atoms with Crippen LogP contribution in [0, 0.1) is 6.92 Å². The van der Waals surface area contributed by atoms with Gasteiger partial charge in [-0.05, 0) is 42.8 Å². The minimum Gasteiger partial charge on any atom is -0.457 e. The van der Waals surface area contributed by atoms with Gasteiger partial charge in [0, 0.05) is 4.47 Å². The number of benzene rings is 2. The van der Waals surface area contributed by atoms with Crippen molar-refractivity contribution in [3.8, 4) is 11.5 Å². The van der Waals surface area contributed by atoms with Crippen molar-refractivity contribution in [2.75, 3.05) is 0 Å². The molecule has 0 saturated carbocycles. The van der Waals surface area contributed by atoms with Gasteiger partial charge < -0.3 is 10.5 Å². The van der Waals surface area contributed by atoms with Crippen LogP contribution in [0.3, 0.4) is 0 Å². The molecule has 0 spiro atoms. The van der Waals surface area contributed by atoms with Gasteiger partial charge in [-0.2, -0.15) is 0 Å². The van der Waals surface area contributed by atoms with Crippen molar-refractivity contribution in [2.24, 2.45) is 5.73 Å². The van der Waals surface area contributed by atoms with E-state index in [1.165, 1.54) is 0 Å². The lowest BCUT2D eigenvalue weighted by atomic mass is 10.2. The van der Waals surface area contributed by atoms with Gasteiger partial charge in [-0.15, -0.1) is 0 Å². The minimum atomic E-state index is 0.333. The Kier molecular flexibility index (Phi) is 3.99. The Morgan fingerprint density at radius 2 is 1.94 bits per heavy atom. The Bertz CT molecular complexity index is 598. The molecule has 0 fully saturated rings. The van der Waals surface area contributed by atoms with Crippen molar-refractivity contribution >= 4 is 33.1 Å². The maximum atomic E-state index is 5.82. The van der Waals surface area contributed by atoms with Crippen LogP contribution in [0.5, 0.6) is 11.5 Å². The van der Waals surface area contributed by atoms with Crippen molar-refractivity contribution in [1.82, 2.24) is 0 Å². The van der Waals surface area contributed by atoms with Crippen LogP contribution < -0.4 is 10.5 Å². The molecule has 4 heteroatoms. The third kappa shape index (κ3) is 2.89. The van der Waals surface area contributed by atoms with Crippen molar-refractivity contribution < 1.29 is 4.74 Å². The van der Waals surface area contributed by atoms with Crippen molar-refractivity contribution in [3.63, 3.8) is 0 Å². The summed E-state index contributed by atoms with van der Waals surface area (Å²) >= 11 is 8.46. The molecule has 2 N–H and O–H groups in total. The molecule has 0 aliphatic carbocycles. The molecule has 2 aromatic rings. The van der Waals surface area contributed by atoms with E-state index in [-0.39, 0.29) is 0 Å². The van der Waals surface area contributed by atoms with Crippen LogP contribution in [-0.2, 0) is 0 Å². The van der Waals surface area contributed by atoms with Gasteiger partial charge >= 0.3 is 0 Å². The zero-order valence-corrected chi connectivity index (χ0v) is 12.2. The number of hydrogen-bond donors (Lipinski definition) is 1. The first-order valence-corrected chi connectivity index (χ1v) is 6.61. The quantitative estimate of drug-likeness (QED) is 0.861. The normalized spacial score (nSPS) is 10.1. The lowest BCUT2D eigenvalue weighted by molar-refractivity contribution is 0.481. The van der Waals surface area contributed by atoms with Crippen LogP contribution in [0.15, 0.2) is 46.9 Å². The average molecular weight is 322 g/mol. The van der Waals surface area contributed by atoms with Gasteiger partial charge in [0.2, 0.25) is 0 Å². The van der Waals surface area contributed by atoms with Gasteiger partial charge in [-0.1, -0.05) is 40.3 Å². The zero-order chi connectivity index (χ0) is 13.1. The second-order valence-electron chi connectivity index (χ2n) is 3.87. The average Bonchev–Trinajstić information content (AvgIpc) is 2.34. The van der Waals surface area contributed by atoms with Crippen LogP contribution in [0.4, 0.5) is 0 Å². The molecule has 0 aliphatic heterocycles. The van der Waals surface area contributed by atoms with E-state index in [0.29, 0.717) is 10.7 Å². The molecular weight excluding hydrogens is 310 g/mol. The third-order valence-electron chi connectivity index (χ3n) is 2.51. The van der Waals surface area contributed by atoms with Gasteiger partial charge in [-0.25, -0.2) is 0 Å². The maximum Gasteiger partial charge on any atom is 0.137 e. The third-order valence-corrected chi connectivity index (χ3v) is 3.62. The van der Waals surface area contributed by atoms with Crippen LogP contribution in [0.25, 0.3) is 0 Å². The molecule has 2 aromatic carbocycles. The monoisotopic (exact) mass is 321 g/mol. The molecule has 0 heterocycles. The van der Waals surface area contributed by atoms with Crippen LogP contribution >= 0.6 is 28.1 Å². The van der Waals surface area contributed by atoms with Crippen molar-refractivity contribution in [2.45, 2.75) is 6.92 Å². The summed E-state index contributed by atoms with van der Waals surface area (Å²) in [6.07, 6.45) is 0. The first-order valence-electron chi connectivity index (χ1n) is 5.41. The molecular formula is C14H12BrNOS. The van der Waals surface area contributed by atoms with Crippen LogP contribution in [0.2, 0.25) is 0 Å². The SMILES string of the molecule is Cc1cc(Oc2ccccc2C(N)=S)ccc1Br. The van der Waals surface area contributed by atoms with Gasteiger partial charge in [0.05, 0.1) is 5.56 Å². The van der Waals surface area contributed by atoms with Gasteiger partial charge in [0.25, 0.3) is 0 Å². The van der Waals surface area contributed by atoms with E-state index in [9.17, 15) is 0 Å². The van der Waals surface area contributed by atoms with E-state index < -0.39 is 0 Å². The largest absolute Gasteiger partial charge is 0.457 e. The molecule has 2 nitrogen and oxygen atoms in total. The number of aryl methyl sites for hydroxylation is 1. The van der Waals surface area contributed by atoms with E-state index in [4.69, 9.17) is 22.7 Å². The molecule has 0 unspecified atom stereocenters. The Labute approximate surface area is 120 Å². The number of hydrogen-bond acceptors (Lipinski definition) is 2. The van der Waals surface area contributed by atoms with E-state index in [0.717, 1.165) is 21.3 Å². The highest BCUT2D eigenvalue weighted by Gasteiger charge is 2.07. The van der Waals surface area contributed by atoms with Crippen LogP contribution in [-0.4, -0.2) is 4.99 Å². The Balaban J connectivity index is 2.34. The molecule has 0 aliphatic rings. The summed E-state index contributed by atoms with van der Waals surface area (Å²) in [7, 11) is 0. The topological polar surface area (TPSA) is 35.2 Å². The summed E-state index contributed by atoms with van der Waals surface area (Å²) in [5.41, 5.74) is 7.52. The highest BCUT2D eigenvalue weighted by Crippen LogP contribution is 2.28. The highest BCUT2D eigenvalue weighted by molar-refractivity contribution is 9.10. The number of rotatable bonds is 3. The summed E-state index contributed by atoms with van der Waals surface area (Å²) in [4.78, 5) is 0.333. The molecule has 0 saturated heterocycles. The predicted molar refractivity (Wildman–Crippen MR) is 81.3 cm³/mol. The van der Waals surface area contributed by atoms with Crippen molar-refractivity contribution in [1.29, 1.82) is 0 Å². The van der Waals surface area contributed by atoms with E-state index >= 15 is 0 Å². The summed E-state index contributed by atoms with van der Waals surface area (Å²) in [5, 5.41) is 0. The smallest absolute Gasteiger partial charge is 0.137 e. The predicted octanol–water partition coefficient (Wildman–Crippen LogP) is 4.18. The Morgan fingerprint density at radius 3 is 2.61 bits per heavy atom. The highest BCUT2D eigenvalue weighted by atomic mass is 79.9. The fraction of sp³-hybridized carbons (Fsp3) is 0.0714. The first-order chi connectivity index (χ1) is 8.58. The molecule has 0 aromatic heterocycles. The van der Waals surface area contributed by atoms with Gasteiger partial charge in [0.15, 0.2) is 0 Å². The lowest BCUT2D eigenvalue weighted by Crippen LogP contribution is -2.10. The van der Waals surface area contributed by atoms with Crippen LogP contribution in [0.1, 0.15) is 11.1 Å². The standard InChI is InChI=1S/C14H12BrNOS/c1-9-8-10(6-7-12(9)15)17-13-5-3-2-4-11(13)14(16)18/h2-8H,1H3,(H2,16,18). The zero-order valence-electron chi connectivity index (χ0n) is 9.81. The fourth-order valence-corrected chi connectivity index (χ4v) is 1.98. The number of halogens is 1. The van der Waals surface area contributed by atoms with Gasteiger partial charge in [-0.3, -0.25) is 0 Å². The van der Waals surface area contributed by atoms with E-state index in [1.807, 2.05) is 49.4 Å². The second-order valence-corrected chi connectivity index (χ2v) is 5.17. The summed E-state index contributed by atoms with van der Waals surface area (Å²) in [6, 6.07) is 13.3. The molecule has 0 radical (unpaired) electrons. The lowest BCUT2D eigenvalue weighted by Gasteiger charge is -2.11. The number of ether oxygens (including phenoxy) is 1. The summed E-state index contributed by atoms with van der Waals surface area (Å²) < 4.78 is 6.87. The number of nitrogens with two attached hydrogens (primary N) is 1. The van der Waals surface area contributed by atoms with Crippen molar-refractivity contribution in [3.05, 3.63) is 58.1 Å². The Morgan fingerprint density at radius 1 is 1.22 bits per heavy atom. The molecule has 18 heavy (non-hydrogen) atoms. The molecule has 0 atom stereocenters. The molecule has 0 amide bonds. The number of thiocarbonyl (C=S) groups is 1. The number of para-hydroxylation sites is 1. The van der Waals surface area contributed by atoms with E-state index in [1.54, 1.807) is 0 Å². The minimum absolute atomic E-state index is 0.333. The first kappa shape index (κ1) is 13.1. The van der Waals surface area contributed by atoms with Gasteiger partial charge in [0.1, 0.15) is 16.5 Å². The second kappa shape index (κ2) is 5.50. The maximum absolute atomic E-state index is 5.82. The van der Waals surface area contributed by atoms with E-state index in [2.05, 4.69) is 15.9 Å². The Hall–Kier alpha value is -1.39. The fourth-order valence-electron chi connectivity index (χ4n) is 1.57. The summed E-state index contributed by atoms with van der Waals surface area (Å²) in [5.74, 6) is 1.44. The summed E-state index contributed by atoms with van der Waals surface area (Å²) in [6.45, 7) is 2.01. The molecule has 2 rings (SSSR count). The molecule has 92 valence electrons.